The zero-order chi connectivity index (χ0) is 12.4. The van der Waals surface area contributed by atoms with Crippen LogP contribution >= 0.6 is 11.6 Å². The van der Waals surface area contributed by atoms with Gasteiger partial charge < -0.3 is 4.89 Å². The van der Waals surface area contributed by atoms with E-state index in [1.54, 1.807) is 0 Å². The van der Waals surface area contributed by atoms with Crippen molar-refractivity contribution < 1.29 is 40.9 Å². The predicted octanol–water partition coefficient (Wildman–Crippen LogP) is 3.39. The molecule has 0 aliphatic heterocycles. The number of alkyl halides is 6. The summed E-state index contributed by atoms with van der Waals surface area (Å²) in [5, 5.41) is 5.42. The Hall–Kier alpha value is -0.700. The number of hydrogen-bond donors (Lipinski definition) is 1. The minimum atomic E-state index is -5.98. The van der Waals surface area contributed by atoms with Gasteiger partial charge in [0.05, 0.1) is 0 Å². The quantitative estimate of drug-likeness (QED) is 0.364. The maximum absolute atomic E-state index is 12.3. The first kappa shape index (κ1) is 14.3. The smallest absolute Gasteiger partial charge is 0.324 e. The summed E-state index contributed by atoms with van der Waals surface area (Å²) < 4.78 is 84.2. The van der Waals surface area contributed by atoms with E-state index in [-0.39, 0.29) is 0 Å². The van der Waals surface area contributed by atoms with E-state index < -0.39 is 29.3 Å². The van der Waals surface area contributed by atoms with Crippen LogP contribution in [0, 0.1) is 0 Å². The average molecular weight is 263 g/mol. The Balaban J connectivity index is 5.32. The fraction of sp³-hybridized carbons (Fsp3) is 0.600. The summed E-state index contributed by atoms with van der Waals surface area (Å²) in [5.74, 6) is -15.1. The molecule has 0 saturated heterocycles. The van der Waals surface area contributed by atoms with Crippen LogP contribution in [0.5, 0.6) is 0 Å². The molecule has 90 valence electrons. The van der Waals surface area contributed by atoms with Crippen molar-refractivity contribution in [2.75, 3.05) is 0 Å². The highest BCUT2D eigenvalue weighted by Gasteiger charge is 2.67. The first-order valence-corrected chi connectivity index (χ1v) is 3.37. The molecule has 1 N–H and O–H groups in total. The molecular formula is C5H2ClF7O2. The van der Waals surface area contributed by atoms with Gasteiger partial charge in [-0.25, -0.2) is 14.0 Å². The highest BCUT2D eigenvalue weighted by Crippen LogP contribution is 2.45. The lowest BCUT2D eigenvalue weighted by molar-refractivity contribution is -0.258. The normalized spacial score (nSPS) is 15.3. The third-order valence-corrected chi connectivity index (χ3v) is 1.46. The summed E-state index contributed by atoms with van der Waals surface area (Å²) in [6.45, 7) is 0. The minimum Gasteiger partial charge on any atom is -0.324 e. The molecule has 0 aromatic rings. The zero-order valence-corrected chi connectivity index (χ0v) is 7.21. The summed E-state index contributed by atoms with van der Waals surface area (Å²) in [5.41, 5.74) is 0. The lowest BCUT2D eigenvalue weighted by Crippen LogP contribution is -2.47. The SMILES string of the molecule is OO/C(Cl)=C(/F)C(F)(F)C(F)(F)C(F)F. The third-order valence-electron chi connectivity index (χ3n) is 1.22. The van der Waals surface area contributed by atoms with Crippen molar-refractivity contribution in [2.24, 2.45) is 0 Å². The highest BCUT2D eigenvalue weighted by atomic mass is 35.5. The van der Waals surface area contributed by atoms with Crippen LogP contribution in [0.25, 0.3) is 0 Å². The molecule has 0 aromatic heterocycles. The molecule has 0 spiro atoms. The number of hydrogen-bond acceptors (Lipinski definition) is 2. The van der Waals surface area contributed by atoms with Crippen LogP contribution in [0.1, 0.15) is 0 Å². The summed E-state index contributed by atoms with van der Waals surface area (Å²) >= 11 is 4.39. The van der Waals surface area contributed by atoms with Gasteiger partial charge >= 0.3 is 18.3 Å². The van der Waals surface area contributed by atoms with Crippen molar-refractivity contribution >= 4 is 11.6 Å². The zero-order valence-electron chi connectivity index (χ0n) is 6.46. The van der Waals surface area contributed by atoms with Gasteiger partial charge in [-0.15, -0.1) is 0 Å². The topological polar surface area (TPSA) is 29.5 Å². The van der Waals surface area contributed by atoms with Crippen molar-refractivity contribution in [3.8, 4) is 0 Å². The van der Waals surface area contributed by atoms with E-state index in [1.165, 1.54) is 0 Å². The van der Waals surface area contributed by atoms with Crippen molar-refractivity contribution in [2.45, 2.75) is 18.3 Å². The van der Waals surface area contributed by atoms with Crippen molar-refractivity contribution in [3.05, 3.63) is 11.0 Å². The summed E-state index contributed by atoms with van der Waals surface area (Å²) in [6.07, 6.45) is -4.82. The maximum Gasteiger partial charge on any atom is 0.376 e. The highest BCUT2D eigenvalue weighted by molar-refractivity contribution is 6.28. The van der Waals surface area contributed by atoms with Gasteiger partial charge in [-0.05, 0) is 11.6 Å². The van der Waals surface area contributed by atoms with Crippen molar-refractivity contribution in [1.82, 2.24) is 0 Å². The van der Waals surface area contributed by atoms with E-state index in [9.17, 15) is 30.7 Å². The molecule has 0 aliphatic rings. The molecule has 0 amide bonds. The van der Waals surface area contributed by atoms with Crippen molar-refractivity contribution in [1.29, 1.82) is 0 Å². The third kappa shape index (κ3) is 2.46. The standard InChI is InChI=1S/C5H2ClF7O2/c6-2(15-14)1(7)4(10,11)5(12,13)3(8)9/h3,14H/b2-1+. The van der Waals surface area contributed by atoms with E-state index in [0.29, 0.717) is 0 Å². The second kappa shape index (κ2) is 4.44. The molecule has 0 fully saturated rings. The molecule has 2 nitrogen and oxygen atoms in total. The summed E-state index contributed by atoms with van der Waals surface area (Å²) in [7, 11) is 0. The monoisotopic (exact) mass is 262 g/mol. The molecule has 0 atom stereocenters. The second-order valence-corrected chi connectivity index (χ2v) is 2.52. The Morgan fingerprint density at radius 3 is 1.87 bits per heavy atom. The van der Waals surface area contributed by atoms with Crippen LogP contribution in [0.4, 0.5) is 30.7 Å². The fourth-order valence-electron chi connectivity index (χ4n) is 0.447. The largest absolute Gasteiger partial charge is 0.376 e. The first-order valence-electron chi connectivity index (χ1n) is 3.00. The Labute approximate surface area is 82.8 Å². The van der Waals surface area contributed by atoms with Gasteiger partial charge in [0.2, 0.25) is 5.83 Å². The van der Waals surface area contributed by atoms with Crippen molar-refractivity contribution in [3.63, 3.8) is 0 Å². The van der Waals surface area contributed by atoms with Gasteiger partial charge in [-0.2, -0.15) is 22.0 Å². The van der Waals surface area contributed by atoms with E-state index in [0.717, 1.165) is 0 Å². The summed E-state index contributed by atoms with van der Waals surface area (Å²) in [4.78, 5) is 2.69. The maximum atomic E-state index is 12.3. The van der Waals surface area contributed by atoms with E-state index in [1.807, 2.05) is 0 Å². The Bertz CT molecular complexity index is 264. The molecular weight excluding hydrogens is 260 g/mol. The number of allylic oxidation sites excluding steroid dienone is 1. The van der Waals surface area contributed by atoms with E-state index in [2.05, 4.69) is 16.5 Å². The molecule has 0 bridgehead atoms. The Morgan fingerprint density at radius 2 is 1.60 bits per heavy atom. The fourth-order valence-corrected chi connectivity index (χ4v) is 0.566. The van der Waals surface area contributed by atoms with Crippen LogP contribution in [0.3, 0.4) is 0 Å². The van der Waals surface area contributed by atoms with Crippen LogP contribution in [-0.4, -0.2) is 23.5 Å². The molecule has 0 rings (SSSR count). The molecule has 0 heterocycles. The number of halogens is 8. The first-order chi connectivity index (χ1) is 6.59. The Kier molecular flexibility index (Phi) is 4.23. The second-order valence-electron chi connectivity index (χ2n) is 2.18. The lowest BCUT2D eigenvalue weighted by Gasteiger charge is -2.23. The molecule has 10 heteroatoms. The molecule has 0 saturated carbocycles. The van der Waals surface area contributed by atoms with Gasteiger partial charge in [0.25, 0.3) is 5.22 Å². The average Bonchev–Trinajstić information content (AvgIpc) is 2.14. The summed E-state index contributed by atoms with van der Waals surface area (Å²) in [6, 6.07) is 0. The van der Waals surface area contributed by atoms with E-state index in [4.69, 9.17) is 5.26 Å². The van der Waals surface area contributed by atoms with Gasteiger partial charge in [-0.3, -0.25) is 0 Å². The van der Waals surface area contributed by atoms with Gasteiger partial charge in [0.15, 0.2) is 0 Å². The van der Waals surface area contributed by atoms with Crippen LogP contribution in [-0.2, 0) is 4.89 Å². The molecule has 0 aliphatic carbocycles. The number of rotatable bonds is 4. The van der Waals surface area contributed by atoms with Gasteiger partial charge in [0.1, 0.15) is 0 Å². The molecule has 0 radical (unpaired) electrons. The van der Waals surface area contributed by atoms with Gasteiger partial charge in [0, 0.05) is 0 Å². The van der Waals surface area contributed by atoms with Crippen LogP contribution in [0.15, 0.2) is 11.0 Å². The van der Waals surface area contributed by atoms with Crippen LogP contribution in [0.2, 0.25) is 0 Å². The molecule has 0 unspecified atom stereocenters. The minimum absolute atomic E-state index is 2.15. The predicted molar refractivity (Wildman–Crippen MR) is 33.6 cm³/mol. The van der Waals surface area contributed by atoms with Crippen LogP contribution < -0.4 is 0 Å². The molecule has 15 heavy (non-hydrogen) atoms. The van der Waals surface area contributed by atoms with E-state index >= 15 is 0 Å². The lowest BCUT2D eigenvalue weighted by atomic mass is 10.1. The van der Waals surface area contributed by atoms with Gasteiger partial charge in [-0.1, -0.05) is 0 Å². The Morgan fingerprint density at radius 1 is 1.20 bits per heavy atom. The molecule has 0 aromatic carbocycles.